The first-order valence-electron chi connectivity index (χ1n) is 8.16. The molecule has 1 N–H and O–H groups in total. The standard InChI is InChI=1S/C20H22ClNO2/c1-13-7-8-18-16(9-13)17(12-20(2,3)24-18)22-19(23)11-14-5-4-6-15(21)10-14/h4-10,17H,11-12H2,1-3H3,(H,22,23)/t17-/m1/s1. The van der Waals surface area contributed by atoms with Crippen molar-refractivity contribution in [1.29, 1.82) is 0 Å². The molecule has 126 valence electrons. The number of hydrogen-bond donors (Lipinski definition) is 1. The Hall–Kier alpha value is -2.00. The molecule has 0 fully saturated rings. The van der Waals surface area contributed by atoms with Gasteiger partial charge in [0, 0.05) is 17.0 Å². The van der Waals surface area contributed by atoms with E-state index < -0.39 is 0 Å². The molecule has 2 aromatic rings. The lowest BCUT2D eigenvalue weighted by Crippen LogP contribution is -2.41. The van der Waals surface area contributed by atoms with E-state index in [4.69, 9.17) is 16.3 Å². The molecular weight excluding hydrogens is 322 g/mol. The van der Waals surface area contributed by atoms with Gasteiger partial charge in [-0.25, -0.2) is 0 Å². The highest BCUT2D eigenvalue weighted by atomic mass is 35.5. The number of nitrogens with one attached hydrogen (secondary N) is 1. The van der Waals surface area contributed by atoms with Gasteiger partial charge in [-0.2, -0.15) is 0 Å². The van der Waals surface area contributed by atoms with E-state index in [1.54, 1.807) is 0 Å². The van der Waals surface area contributed by atoms with E-state index in [-0.39, 0.29) is 17.6 Å². The Labute approximate surface area is 148 Å². The Balaban J connectivity index is 1.79. The van der Waals surface area contributed by atoms with Crippen LogP contribution >= 0.6 is 11.6 Å². The zero-order valence-corrected chi connectivity index (χ0v) is 15.0. The molecule has 24 heavy (non-hydrogen) atoms. The lowest BCUT2D eigenvalue weighted by Gasteiger charge is -2.38. The van der Waals surface area contributed by atoms with Crippen LogP contribution in [0.2, 0.25) is 5.02 Å². The molecule has 1 amide bonds. The summed E-state index contributed by atoms with van der Waals surface area (Å²) in [5, 5.41) is 3.81. The number of rotatable bonds is 3. The van der Waals surface area contributed by atoms with Gasteiger partial charge in [0.05, 0.1) is 12.5 Å². The predicted molar refractivity (Wildman–Crippen MR) is 96.5 cm³/mol. The van der Waals surface area contributed by atoms with E-state index in [1.165, 1.54) is 0 Å². The Bertz CT molecular complexity index is 770. The Morgan fingerprint density at radius 2 is 2.08 bits per heavy atom. The highest BCUT2D eigenvalue weighted by molar-refractivity contribution is 6.30. The second-order valence-electron chi connectivity index (χ2n) is 7.03. The molecule has 1 heterocycles. The van der Waals surface area contributed by atoms with Gasteiger partial charge < -0.3 is 10.1 Å². The van der Waals surface area contributed by atoms with Crippen molar-refractivity contribution in [2.75, 3.05) is 0 Å². The van der Waals surface area contributed by atoms with Crippen LogP contribution in [0.25, 0.3) is 0 Å². The third-order valence-electron chi connectivity index (χ3n) is 4.21. The molecular formula is C20H22ClNO2. The Morgan fingerprint density at radius 1 is 1.29 bits per heavy atom. The molecule has 3 rings (SSSR count). The van der Waals surface area contributed by atoms with Crippen molar-refractivity contribution in [2.45, 2.75) is 45.3 Å². The normalized spacial score (nSPS) is 18.4. The fourth-order valence-corrected chi connectivity index (χ4v) is 3.39. The number of ether oxygens (including phenoxy) is 1. The molecule has 0 spiro atoms. The van der Waals surface area contributed by atoms with Gasteiger partial charge in [-0.15, -0.1) is 0 Å². The van der Waals surface area contributed by atoms with E-state index in [9.17, 15) is 4.79 Å². The molecule has 3 nitrogen and oxygen atoms in total. The maximum atomic E-state index is 12.5. The largest absolute Gasteiger partial charge is 0.487 e. The molecule has 0 saturated heterocycles. The topological polar surface area (TPSA) is 38.3 Å². The minimum atomic E-state index is -0.309. The molecule has 4 heteroatoms. The van der Waals surface area contributed by atoms with E-state index >= 15 is 0 Å². The second-order valence-corrected chi connectivity index (χ2v) is 7.47. The SMILES string of the molecule is Cc1ccc2c(c1)[C@H](NC(=O)Cc1cccc(Cl)c1)CC(C)(C)O2. The molecule has 1 aliphatic rings. The molecule has 1 atom stereocenters. The van der Waals surface area contributed by atoms with E-state index in [0.29, 0.717) is 11.4 Å². The van der Waals surface area contributed by atoms with Crippen molar-refractivity contribution >= 4 is 17.5 Å². The Morgan fingerprint density at radius 3 is 2.83 bits per heavy atom. The Kier molecular flexibility index (Phi) is 4.55. The van der Waals surface area contributed by atoms with Gasteiger partial charge in [0.25, 0.3) is 0 Å². The number of carbonyl (C=O) groups excluding carboxylic acids is 1. The summed E-state index contributed by atoms with van der Waals surface area (Å²) in [4.78, 5) is 12.5. The number of carbonyl (C=O) groups is 1. The van der Waals surface area contributed by atoms with Crippen LogP contribution < -0.4 is 10.1 Å². The van der Waals surface area contributed by atoms with Gasteiger partial charge in [-0.05, 0) is 44.5 Å². The summed E-state index contributed by atoms with van der Waals surface area (Å²) in [5.41, 5.74) is 2.81. The van der Waals surface area contributed by atoms with Crippen LogP contribution in [0.4, 0.5) is 0 Å². The summed E-state index contributed by atoms with van der Waals surface area (Å²) in [6, 6.07) is 13.5. The zero-order valence-electron chi connectivity index (χ0n) is 14.2. The predicted octanol–water partition coefficient (Wildman–Crippen LogP) is 4.61. The average molecular weight is 344 g/mol. The fraction of sp³-hybridized carbons (Fsp3) is 0.350. The van der Waals surface area contributed by atoms with Crippen LogP contribution in [0, 0.1) is 6.92 Å². The lowest BCUT2D eigenvalue weighted by molar-refractivity contribution is -0.121. The molecule has 1 aliphatic heterocycles. The number of benzene rings is 2. The summed E-state index contributed by atoms with van der Waals surface area (Å²) in [6.45, 7) is 6.14. The molecule has 0 bridgehead atoms. The minimum Gasteiger partial charge on any atom is -0.487 e. The van der Waals surface area contributed by atoms with Crippen molar-refractivity contribution in [3.05, 3.63) is 64.2 Å². The molecule has 0 unspecified atom stereocenters. The maximum absolute atomic E-state index is 12.5. The molecule has 0 aliphatic carbocycles. The monoisotopic (exact) mass is 343 g/mol. The third kappa shape index (κ3) is 3.90. The second kappa shape index (κ2) is 6.48. The molecule has 2 aromatic carbocycles. The number of amides is 1. The first-order valence-corrected chi connectivity index (χ1v) is 8.53. The summed E-state index contributed by atoms with van der Waals surface area (Å²) < 4.78 is 6.05. The number of aryl methyl sites for hydroxylation is 1. The summed E-state index contributed by atoms with van der Waals surface area (Å²) in [7, 11) is 0. The minimum absolute atomic E-state index is 0.00702. The summed E-state index contributed by atoms with van der Waals surface area (Å²) in [5.74, 6) is 0.845. The third-order valence-corrected chi connectivity index (χ3v) is 4.45. The number of fused-ring (bicyclic) bond motifs is 1. The summed E-state index contributed by atoms with van der Waals surface area (Å²) in [6.07, 6.45) is 1.06. The fourth-order valence-electron chi connectivity index (χ4n) is 3.18. The molecule has 0 aromatic heterocycles. The van der Waals surface area contributed by atoms with E-state index in [1.807, 2.05) is 57.2 Å². The highest BCUT2D eigenvalue weighted by Gasteiger charge is 2.34. The van der Waals surface area contributed by atoms with E-state index in [0.717, 1.165) is 28.9 Å². The van der Waals surface area contributed by atoms with Crippen LogP contribution in [0.5, 0.6) is 5.75 Å². The van der Waals surface area contributed by atoms with Gasteiger partial charge in [0.15, 0.2) is 0 Å². The van der Waals surface area contributed by atoms with Gasteiger partial charge in [0.2, 0.25) is 5.91 Å². The number of hydrogen-bond acceptors (Lipinski definition) is 2. The average Bonchev–Trinajstić information content (AvgIpc) is 2.47. The van der Waals surface area contributed by atoms with Crippen LogP contribution in [-0.2, 0) is 11.2 Å². The quantitative estimate of drug-likeness (QED) is 0.883. The van der Waals surface area contributed by atoms with Gasteiger partial charge in [-0.1, -0.05) is 41.4 Å². The van der Waals surface area contributed by atoms with Crippen molar-refractivity contribution in [2.24, 2.45) is 0 Å². The van der Waals surface area contributed by atoms with Crippen LogP contribution in [0.15, 0.2) is 42.5 Å². The van der Waals surface area contributed by atoms with Gasteiger partial charge in [-0.3, -0.25) is 4.79 Å². The smallest absolute Gasteiger partial charge is 0.224 e. The van der Waals surface area contributed by atoms with Gasteiger partial charge in [0.1, 0.15) is 11.4 Å². The zero-order chi connectivity index (χ0) is 17.3. The first kappa shape index (κ1) is 16.8. The van der Waals surface area contributed by atoms with Crippen LogP contribution in [0.3, 0.4) is 0 Å². The van der Waals surface area contributed by atoms with Crippen molar-refractivity contribution in [3.63, 3.8) is 0 Å². The van der Waals surface area contributed by atoms with E-state index in [2.05, 4.69) is 11.4 Å². The van der Waals surface area contributed by atoms with Crippen LogP contribution in [-0.4, -0.2) is 11.5 Å². The highest BCUT2D eigenvalue weighted by Crippen LogP contribution is 2.39. The molecule has 0 radical (unpaired) electrons. The summed E-state index contributed by atoms with van der Waals surface area (Å²) >= 11 is 5.99. The lowest BCUT2D eigenvalue weighted by atomic mass is 9.89. The first-order chi connectivity index (χ1) is 11.3. The van der Waals surface area contributed by atoms with Crippen LogP contribution in [0.1, 0.15) is 43.0 Å². The van der Waals surface area contributed by atoms with Crippen molar-refractivity contribution in [1.82, 2.24) is 5.32 Å². The molecule has 0 saturated carbocycles. The van der Waals surface area contributed by atoms with Crippen molar-refractivity contribution < 1.29 is 9.53 Å². The maximum Gasteiger partial charge on any atom is 0.224 e. The van der Waals surface area contributed by atoms with Crippen molar-refractivity contribution in [3.8, 4) is 5.75 Å². The van der Waals surface area contributed by atoms with Gasteiger partial charge >= 0.3 is 0 Å². The number of halogens is 1.